The Morgan fingerprint density at radius 3 is 2.76 bits per heavy atom. The van der Waals surface area contributed by atoms with Gasteiger partial charge in [-0.25, -0.2) is 0 Å². The van der Waals surface area contributed by atoms with E-state index in [9.17, 15) is 4.79 Å². The number of anilines is 1. The zero-order valence-corrected chi connectivity index (χ0v) is 13.2. The maximum atomic E-state index is 12.2. The van der Waals surface area contributed by atoms with E-state index >= 15 is 0 Å². The van der Waals surface area contributed by atoms with E-state index in [0.717, 1.165) is 24.2 Å². The van der Waals surface area contributed by atoms with Crippen molar-refractivity contribution in [3.05, 3.63) is 29.3 Å². The topological polar surface area (TPSA) is 59.6 Å². The fourth-order valence-corrected chi connectivity index (χ4v) is 1.91. The summed E-state index contributed by atoms with van der Waals surface area (Å²) in [7, 11) is 1.65. The molecule has 0 unspecified atom stereocenters. The Morgan fingerprint density at radius 1 is 1.24 bits per heavy atom. The van der Waals surface area contributed by atoms with E-state index in [4.69, 9.17) is 9.47 Å². The number of hydrogen-bond donors (Lipinski definition) is 2. The zero-order chi connectivity index (χ0) is 15.5. The van der Waals surface area contributed by atoms with Crippen LogP contribution < -0.4 is 10.6 Å². The molecular weight excluding hydrogens is 268 g/mol. The smallest absolute Gasteiger partial charge is 0.253 e. The molecule has 0 atom stereocenters. The lowest BCUT2D eigenvalue weighted by atomic mass is 10.1. The van der Waals surface area contributed by atoms with Gasteiger partial charge in [0.2, 0.25) is 0 Å². The molecule has 1 rings (SSSR count). The number of methoxy groups -OCH3 is 1. The van der Waals surface area contributed by atoms with Crippen LogP contribution in [0.4, 0.5) is 5.69 Å². The predicted molar refractivity (Wildman–Crippen MR) is 85.0 cm³/mol. The Bertz CT molecular complexity index is 436. The average molecular weight is 294 g/mol. The van der Waals surface area contributed by atoms with Crippen LogP contribution in [-0.2, 0) is 9.47 Å². The van der Waals surface area contributed by atoms with Gasteiger partial charge in [-0.1, -0.05) is 11.6 Å². The van der Waals surface area contributed by atoms with Gasteiger partial charge in [0.1, 0.15) is 0 Å². The second-order valence-corrected chi connectivity index (χ2v) is 4.79. The van der Waals surface area contributed by atoms with Crippen molar-refractivity contribution < 1.29 is 14.3 Å². The van der Waals surface area contributed by atoms with E-state index in [1.165, 1.54) is 0 Å². The minimum atomic E-state index is -0.0495. The normalized spacial score (nSPS) is 10.4. The Hall–Kier alpha value is -1.59. The van der Waals surface area contributed by atoms with E-state index in [1.54, 1.807) is 7.11 Å². The van der Waals surface area contributed by atoms with Gasteiger partial charge in [0.05, 0.1) is 18.8 Å². The van der Waals surface area contributed by atoms with E-state index in [2.05, 4.69) is 10.6 Å². The van der Waals surface area contributed by atoms with Crippen LogP contribution >= 0.6 is 0 Å². The largest absolute Gasteiger partial charge is 0.385 e. The first kappa shape index (κ1) is 17.5. The van der Waals surface area contributed by atoms with E-state index in [1.807, 2.05) is 32.0 Å². The van der Waals surface area contributed by atoms with Crippen molar-refractivity contribution in [2.45, 2.75) is 20.3 Å². The summed E-state index contributed by atoms with van der Waals surface area (Å²) in [6.45, 7) is 7.20. The molecule has 5 heteroatoms. The molecule has 2 N–H and O–H groups in total. The maximum absolute atomic E-state index is 12.2. The van der Waals surface area contributed by atoms with Gasteiger partial charge in [0.15, 0.2) is 0 Å². The van der Waals surface area contributed by atoms with Crippen LogP contribution in [0.5, 0.6) is 0 Å². The number of ether oxygens (including phenoxy) is 2. The van der Waals surface area contributed by atoms with Gasteiger partial charge in [0, 0.05) is 32.5 Å². The molecule has 0 spiro atoms. The predicted octanol–water partition coefficient (Wildman–Crippen LogP) is 2.21. The molecular formula is C16H26N2O3. The van der Waals surface area contributed by atoms with Gasteiger partial charge in [0.25, 0.3) is 5.91 Å². The van der Waals surface area contributed by atoms with Crippen LogP contribution in [0, 0.1) is 6.92 Å². The van der Waals surface area contributed by atoms with Gasteiger partial charge in [-0.05, 0) is 32.4 Å². The second kappa shape index (κ2) is 10.2. The number of benzene rings is 1. The Kier molecular flexibility index (Phi) is 8.47. The number of aryl methyl sites for hydroxylation is 1. The van der Waals surface area contributed by atoms with Crippen LogP contribution in [0.3, 0.4) is 0 Å². The third kappa shape index (κ3) is 6.60. The van der Waals surface area contributed by atoms with Crippen LogP contribution in [0.2, 0.25) is 0 Å². The van der Waals surface area contributed by atoms with Crippen molar-refractivity contribution >= 4 is 11.6 Å². The lowest BCUT2D eigenvalue weighted by Gasteiger charge is -2.12. The van der Waals surface area contributed by atoms with Crippen molar-refractivity contribution in [1.29, 1.82) is 0 Å². The summed E-state index contributed by atoms with van der Waals surface area (Å²) >= 11 is 0. The molecule has 0 fully saturated rings. The highest BCUT2D eigenvalue weighted by atomic mass is 16.5. The molecule has 1 amide bonds. The molecule has 0 aromatic heterocycles. The third-order valence-electron chi connectivity index (χ3n) is 2.97. The molecule has 21 heavy (non-hydrogen) atoms. The van der Waals surface area contributed by atoms with Gasteiger partial charge in [-0.2, -0.15) is 0 Å². The minimum Gasteiger partial charge on any atom is -0.385 e. The van der Waals surface area contributed by atoms with E-state index < -0.39 is 0 Å². The number of nitrogens with one attached hydrogen (secondary N) is 2. The SMILES string of the molecule is CCNc1ccc(C)cc1C(=O)NCCCOCCOC. The summed E-state index contributed by atoms with van der Waals surface area (Å²) in [6, 6.07) is 5.85. The number of carbonyl (C=O) groups excluding carboxylic acids is 1. The Morgan fingerprint density at radius 2 is 2.05 bits per heavy atom. The van der Waals surface area contributed by atoms with Crippen LogP contribution in [0.1, 0.15) is 29.3 Å². The molecule has 5 nitrogen and oxygen atoms in total. The molecule has 1 aromatic carbocycles. The van der Waals surface area contributed by atoms with E-state index in [-0.39, 0.29) is 5.91 Å². The Balaban J connectivity index is 2.39. The first-order valence-corrected chi connectivity index (χ1v) is 7.38. The lowest BCUT2D eigenvalue weighted by molar-refractivity contribution is 0.0688. The highest BCUT2D eigenvalue weighted by Crippen LogP contribution is 2.17. The molecule has 0 saturated heterocycles. The van der Waals surface area contributed by atoms with Crippen molar-refractivity contribution in [3.8, 4) is 0 Å². The fraction of sp³-hybridized carbons (Fsp3) is 0.562. The molecule has 0 heterocycles. The van der Waals surface area contributed by atoms with Crippen LogP contribution in [-0.4, -0.2) is 45.9 Å². The molecule has 0 aliphatic carbocycles. The van der Waals surface area contributed by atoms with Crippen molar-refractivity contribution in [1.82, 2.24) is 5.32 Å². The first-order valence-electron chi connectivity index (χ1n) is 7.38. The van der Waals surface area contributed by atoms with Gasteiger partial charge < -0.3 is 20.1 Å². The summed E-state index contributed by atoms with van der Waals surface area (Å²) in [5.74, 6) is -0.0495. The Labute approximate surface area is 127 Å². The first-order chi connectivity index (χ1) is 10.2. The van der Waals surface area contributed by atoms with Crippen molar-refractivity contribution in [2.75, 3.05) is 45.3 Å². The average Bonchev–Trinajstić information content (AvgIpc) is 2.48. The molecule has 0 radical (unpaired) electrons. The molecule has 0 bridgehead atoms. The van der Waals surface area contributed by atoms with Crippen LogP contribution in [0.25, 0.3) is 0 Å². The van der Waals surface area contributed by atoms with Gasteiger partial charge >= 0.3 is 0 Å². The fourth-order valence-electron chi connectivity index (χ4n) is 1.91. The molecule has 0 aliphatic heterocycles. The molecule has 118 valence electrons. The summed E-state index contributed by atoms with van der Waals surface area (Å²) in [5.41, 5.74) is 2.64. The molecule has 0 saturated carbocycles. The third-order valence-corrected chi connectivity index (χ3v) is 2.97. The van der Waals surface area contributed by atoms with Gasteiger partial charge in [-0.3, -0.25) is 4.79 Å². The molecule has 0 aliphatic rings. The van der Waals surface area contributed by atoms with Crippen molar-refractivity contribution in [2.24, 2.45) is 0 Å². The number of amides is 1. The standard InChI is InChI=1S/C16H26N2O3/c1-4-17-15-7-6-13(2)12-14(15)16(19)18-8-5-9-21-11-10-20-3/h6-7,12,17H,4-5,8-11H2,1-3H3,(H,18,19). The quantitative estimate of drug-likeness (QED) is 0.650. The van der Waals surface area contributed by atoms with E-state index in [0.29, 0.717) is 31.9 Å². The molecule has 1 aromatic rings. The number of carbonyl (C=O) groups is 1. The van der Waals surface area contributed by atoms with Crippen LogP contribution in [0.15, 0.2) is 18.2 Å². The monoisotopic (exact) mass is 294 g/mol. The highest BCUT2D eigenvalue weighted by molar-refractivity contribution is 5.99. The minimum absolute atomic E-state index is 0.0495. The zero-order valence-electron chi connectivity index (χ0n) is 13.2. The summed E-state index contributed by atoms with van der Waals surface area (Å²) < 4.78 is 10.2. The lowest BCUT2D eigenvalue weighted by Crippen LogP contribution is -2.26. The van der Waals surface area contributed by atoms with Gasteiger partial charge in [-0.15, -0.1) is 0 Å². The number of hydrogen-bond acceptors (Lipinski definition) is 4. The highest BCUT2D eigenvalue weighted by Gasteiger charge is 2.10. The second-order valence-electron chi connectivity index (χ2n) is 4.79. The summed E-state index contributed by atoms with van der Waals surface area (Å²) in [4.78, 5) is 12.2. The number of rotatable bonds is 10. The summed E-state index contributed by atoms with van der Waals surface area (Å²) in [5, 5.41) is 6.14. The van der Waals surface area contributed by atoms with Crippen molar-refractivity contribution in [3.63, 3.8) is 0 Å². The summed E-state index contributed by atoms with van der Waals surface area (Å²) in [6.07, 6.45) is 0.789. The maximum Gasteiger partial charge on any atom is 0.253 e.